The van der Waals surface area contributed by atoms with Crippen molar-refractivity contribution in [3.05, 3.63) is 34.5 Å². The number of hydrogen-bond acceptors (Lipinski definition) is 3. The Morgan fingerprint density at radius 3 is 2.80 bits per heavy atom. The number of nitroso groups, excluding NO2 is 1. The van der Waals surface area contributed by atoms with E-state index < -0.39 is 0 Å². The van der Waals surface area contributed by atoms with Crippen LogP contribution in [0.5, 0.6) is 0 Å². The Morgan fingerprint density at radius 2 is 2.20 bits per heavy atom. The highest BCUT2D eigenvalue weighted by molar-refractivity contribution is 5.54. The van der Waals surface area contributed by atoms with Crippen molar-refractivity contribution < 1.29 is 0 Å². The number of aryl methyl sites for hydroxylation is 1. The molecule has 2 rings (SSSR count). The van der Waals surface area contributed by atoms with E-state index in [9.17, 15) is 4.91 Å². The molecule has 0 aliphatic heterocycles. The van der Waals surface area contributed by atoms with Gasteiger partial charge in [0.2, 0.25) is 5.82 Å². The van der Waals surface area contributed by atoms with Crippen LogP contribution in [0.2, 0.25) is 0 Å². The Morgan fingerprint density at radius 1 is 1.47 bits per heavy atom. The normalized spacial score (nSPS) is 11.2. The van der Waals surface area contributed by atoms with Crippen molar-refractivity contribution in [1.82, 2.24) is 9.38 Å². The van der Waals surface area contributed by atoms with E-state index in [1.807, 2.05) is 39.1 Å². The first-order chi connectivity index (χ1) is 7.13. The first-order valence-corrected chi connectivity index (χ1v) is 4.95. The minimum Gasteiger partial charge on any atom is -0.282 e. The summed E-state index contributed by atoms with van der Waals surface area (Å²) < 4.78 is 1.73. The Bertz CT molecular complexity index is 514. The van der Waals surface area contributed by atoms with Gasteiger partial charge in [0.05, 0.1) is 5.69 Å². The number of rotatable bonds is 2. The van der Waals surface area contributed by atoms with Gasteiger partial charge in [0.1, 0.15) is 5.65 Å². The Labute approximate surface area is 87.9 Å². The van der Waals surface area contributed by atoms with Gasteiger partial charge in [-0.05, 0) is 35.7 Å². The molecule has 0 saturated carbocycles. The summed E-state index contributed by atoms with van der Waals surface area (Å²) in [6.07, 6.45) is 1.83. The van der Waals surface area contributed by atoms with E-state index >= 15 is 0 Å². The lowest BCUT2D eigenvalue weighted by Gasteiger charge is -1.98. The van der Waals surface area contributed by atoms with Crippen molar-refractivity contribution in [2.75, 3.05) is 0 Å². The molecule has 4 nitrogen and oxygen atoms in total. The summed E-state index contributed by atoms with van der Waals surface area (Å²) in [6, 6.07) is 3.88. The number of imidazole rings is 1. The molecule has 0 spiro atoms. The molecule has 0 unspecified atom stereocenters. The van der Waals surface area contributed by atoms with Crippen molar-refractivity contribution in [3.8, 4) is 0 Å². The standard InChI is InChI=1S/C11H13N3O/c1-7(2)10-11(13-15)14-5-4-8(3)6-9(14)12-10/h4-7H,1-3H3. The molecule has 0 N–H and O–H groups in total. The van der Waals surface area contributed by atoms with Gasteiger partial charge < -0.3 is 0 Å². The molecule has 0 aliphatic rings. The fraction of sp³-hybridized carbons (Fsp3) is 0.364. The maximum atomic E-state index is 10.8. The SMILES string of the molecule is Cc1ccn2c(N=O)c(C(C)C)nc2c1. The van der Waals surface area contributed by atoms with E-state index in [1.54, 1.807) is 4.40 Å². The lowest BCUT2D eigenvalue weighted by atomic mass is 10.1. The summed E-state index contributed by atoms with van der Waals surface area (Å²) in [5.74, 6) is 0.623. The third-order valence-electron chi connectivity index (χ3n) is 2.42. The smallest absolute Gasteiger partial charge is 0.205 e. The zero-order valence-corrected chi connectivity index (χ0v) is 9.06. The first-order valence-electron chi connectivity index (χ1n) is 4.95. The molecule has 0 aromatic carbocycles. The molecule has 2 heterocycles. The lowest BCUT2D eigenvalue weighted by molar-refractivity contribution is 0.834. The van der Waals surface area contributed by atoms with E-state index in [0.717, 1.165) is 16.9 Å². The number of hydrogen-bond donors (Lipinski definition) is 0. The van der Waals surface area contributed by atoms with Gasteiger partial charge in [-0.1, -0.05) is 13.8 Å². The van der Waals surface area contributed by atoms with Crippen molar-refractivity contribution >= 4 is 11.5 Å². The summed E-state index contributed by atoms with van der Waals surface area (Å²) in [4.78, 5) is 15.2. The Kier molecular flexibility index (Phi) is 2.26. The second-order valence-electron chi connectivity index (χ2n) is 4.00. The summed E-state index contributed by atoms with van der Waals surface area (Å²) in [5.41, 5.74) is 2.67. The van der Waals surface area contributed by atoms with Crippen molar-refractivity contribution in [1.29, 1.82) is 0 Å². The van der Waals surface area contributed by atoms with E-state index in [0.29, 0.717) is 5.82 Å². The van der Waals surface area contributed by atoms with Gasteiger partial charge in [-0.15, -0.1) is 4.91 Å². The number of fused-ring (bicyclic) bond motifs is 1. The summed E-state index contributed by atoms with van der Waals surface area (Å²) in [7, 11) is 0. The van der Waals surface area contributed by atoms with Gasteiger partial charge in [0.15, 0.2) is 0 Å². The molecule has 0 amide bonds. The van der Waals surface area contributed by atoms with Crippen LogP contribution in [0.4, 0.5) is 5.82 Å². The quantitative estimate of drug-likeness (QED) is 0.704. The molecule has 2 aromatic heterocycles. The van der Waals surface area contributed by atoms with Crippen molar-refractivity contribution in [2.24, 2.45) is 5.18 Å². The van der Waals surface area contributed by atoms with Crippen LogP contribution >= 0.6 is 0 Å². The zero-order valence-electron chi connectivity index (χ0n) is 9.06. The molecule has 0 radical (unpaired) electrons. The van der Waals surface area contributed by atoms with E-state index in [1.165, 1.54) is 0 Å². The van der Waals surface area contributed by atoms with Crippen LogP contribution in [-0.2, 0) is 0 Å². The summed E-state index contributed by atoms with van der Waals surface area (Å²) in [6.45, 7) is 6.00. The zero-order chi connectivity index (χ0) is 11.0. The minimum atomic E-state index is 0.206. The average molecular weight is 203 g/mol. The highest BCUT2D eigenvalue weighted by atomic mass is 16.3. The fourth-order valence-electron chi connectivity index (χ4n) is 1.63. The molecule has 0 bridgehead atoms. The van der Waals surface area contributed by atoms with E-state index in [-0.39, 0.29) is 5.92 Å². The van der Waals surface area contributed by atoms with Crippen LogP contribution in [0.15, 0.2) is 23.5 Å². The van der Waals surface area contributed by atoms with Gasteiger partial charge in [0.25, 0.3) is 0 Å². The first kappa shape index (κ1) is 9.83. The van der Waals surface area contributed by atoms with Gasteiger partial charge in [0, 0.05) is 6.20 Å². The van der Waals surface area contributed by atoms with Crippen molar-refractivity contribution in [3.63, 3.8) is 0 Å². The largest absolute Gasteiger partial charge is 0.282 e. The van der Waals surface area contributed by atoms with Crippen LogP contribution < -0.4 is 0 Å². The molecular weight excluding hydrogens is 190 g/mol. The van der Waals surface area contributed by atoms with Crippen LogP contribution in [0.25, 0.3) is 5.65 Å². The van der Waals surface area contributed by atoms with Gasteiger partial charge in [-0.2, -0.15) is 0 Å². The Hall–Kier alpha value is -1.71. The molecule has 0 saturated heterocycles. The van der Waals surface area contributed by atoms with Gasteiger partial charge in [-0.3, -0.25) is 4.40 Å². The fourth-order valence-corrected chi connectivity index (χ4v) is 1.63. The second-order valence-corrected chi connectivity index (χ2v) is 4.00. The Balaban J connectivity index is 2.78. The van der Waals surface area contributed by atoms with Gasteiger partial charge >= 0.3 is 0 Å². The second kappa shape index (κ2) is 3.46. The lowest BCUT2D eigenvalue weighted by Crippen LogP contribution is -1.87. The third kappa shape index (κ3) is 1.52. The minimum absolute atomic E-state index is 0.206. The van der Waals surface area contributed by atoms with Gasteiger partial charge in [-0.25, -0.2) is 4.98 Å². The van der Waals surface area contributed by atoms with E-state index in [4.69, 9.17) is 0 Å². The van der Waals surface area contributed by atoms with Crippen LogP contribution in [0.3, 0.4) is 0 Å². The monoisotopic (exact) mass is 203 g/mol. The predicted octanol–water partition coefficient (Wildman–Crippen LogP) is 3.16. The third-order valence-corrected chi connectivity index (χ3v) is 2.42. The number of pyridine rings is 1. The average Bonchev–Trinajstić information content (AvgIpc) is 2.55. The number of nitrogens with zero attached hydrogens (tertiary/aromatic N) is 3. The van der Waals surface area contributed by atoms with Crippen LogP contribution in [-0.4, -0.2) is 9.38 Å². The van der Waals surface area contributed by atoms with Crippen LogP contribution in [0.1, 0.15) is 31.0 Å². The highest BCUT2D eigenvalue weighted by Crippen LogP contribution is 2.27. The molecule has 0 fully saturated rings. The maximum Gasteiger partial charge on any atom is 0.205 e. The van der Waals surface area contributed by atoms with Crippen molar-refractivity contribution in [2.45, 2.75) is 26.7 Å². The topological polar surface area (TPSA) is 46.7 Å². The predicted molar refractivity (Wildman–Crippen MR) is 59.5 cm³/mol. The summed E-state index contributed by atoms with van der Waals surface area (Å²) in [5, 5.41) is 3.06. The maximum absolute atomic E-state index is 10.8. The van der Waals surface area contributed by atoms with E-state index in [2.05, 4.69) is 10.2 Å². The number of aromatic nitrogens is 2. The molecule has 0 atom stereocenters. The molecule has 0 aliphatic carbocycles. The molecular formula is C11H13N3O. The molecule has 2 aromatic rings. The highest BCUT2D eigenvalue weighted by Gasteiger charge is 2.15. The molecule has 4 heteroatoms. The molecule has 78 valence electrons. The summed E-state index contributed by atoms with van der Waals surface area (Å²) >= 11 is 0. The van der Waals surface area contributed by atoms with Crippen LogP contribution in [0, 0.1) is 11.8 Å². The molecule has 15 heavy (non-hydrogen) atoms.